The lowest BCUT2D eigenvalue weighted by Gasteiger charge is -2.19. The highest BCUT2D eigenvalue weighted by molar-refractivity contribution is 5.65. The van der Waals surface area contributed by atoms with Crippen molar-refractivity contribution in [3.8, 4) is 28.7 Å². The molecule has 4 aromatic carbocycles. The van der Waals surface area contributed by atoms with Crippen LogP contribution in [0.4, 0.5) is 30.7 Å². The summed E-state index contributed by atoms with van der Waals surface area (Å²) in [6.45, 7) is 2.13. The molecule has 0 bridgehead atoms. The molecule has 0 unspecified atom stereocenters. The van der Waals surface area contributed by atoms with Gasteiger partial charge in [0.2, 0.25) is 0 Å². The molecule has 0 fully saturated rings. The largest absolute Gasteiger partial charge is 0.429 e. The first-order chi connectivity index (χ1) is 19.1. The van der Waals surface area contributed by atoms with E-state index in [0.29, 0.717) is 23.8 Å². The standard InChI is InChI=1S/C32H23F7O/c1-2-3-4-5-20-6-8-21(9-7-20)10-11-22-12-15-26(28(34)16-22)32(38,39)40-24-13-14-25(27(33)19-24)23-17-29(35)31(37)30(36)18-23/h6-9,12-19H,2-5H2,1H3. The maximum absolute atomic E-state index is 14.8. The average molecular weight is 557 g/mol. The number of benzene rings is 4. The number of aryl methyl sites for hydroxylation is 1. The van der Waals surface area contributed by atoms with Crippen LogP contribution in [0.3, 0.4) is 0 Å². The van der Waals surface area contributed by atoms with Crippen LogP contribution in [-0.2, 0) is 12.5 Å². The Kier molecular flexibility index (Phi) is 8.83. The average Bonchev–Trinajstić information content (AvgIpc) is 2.91. The van der Waals surface area contributed by atoms with Gasteiger partial charge in [0.1, 0.15) is 22.9 Å². The molecule has 0 aliphatic heterocycles. The van der Waals surface area contributed by atoms with Gasteiger partial charge >= 0.3 is 6.11 Å². The van der Waals surface area contributed by atoms with Gasteiger partial charge in [0.05, 0.1) is 0 Å². The highest BCUT2D eigenvalue weighted by atomic mass is 19.3. The van der Waals surface area contributed by atoms with Gasteiger partial charge in [-0.1, -0.05) is 43.7 Å². The first-order valence-electron chi connectivity index (χ1n) is 12.5. The van der Waals surface area contributed by atoms with Gasteiger partial charge in [0.25, 0.3) is 0 Å². The highest BCUT2D eigenvalue weighted by Gasteiger charge is 2.38. The lowest BCUT2D eigenvalue weighted by atomic mass is 10.0. The molecule has 0 heterocycles. The van der Waals surface area contributed by atoms with Crippen LogP contribution >= 0.6 is 0 Å². The Hall–Kier alpha value is -4.25. The third kappa shape index (κ3) is 6.84. The Labute approximate surface area is 227 Å². The summed E-state index contributed by atoms with van der Waals surface area (Å²) in [5, 5.41) is 0. The zero-order valence-electron chi connectivity index (χ0n) is 21.3. The van der Waals surface area contributed by atoms with Crippen molar-refractivity contribution in [2.45, 2.75) is 38.7 Å². The first-order valence-corrected chi connectivity index (χ1v) is 12.5. The van der Waals surface area contributed by atoms with E-state index in [0.717, 1.165) is 49.9 Å². The maximum Gasteiger partial charge on any atom is 0.429 e. The SMILES string of the molecule is CCCCCc1ccc(C#Cc2ccc(C(F)(F)Oc3ccc(-c4cc(F)c(F)c(F)c4)c(F)c3)c(F)c2)cc1. The molecule has 0 spiro atoms. The van der Waals surface area contributed by atoms with Gasteiger partial charge in [-0.3, -0.25) is 0 Å². The monoisotopic (exact) mass is 556 g/mol. The molecule has 0 saturated carbocycles. The fourth-order valence-electron chi connectivity index (χ4n) is 4.01. The molecule has 1 nitrogen and oxygen atoms in total. The molecule has 40 heavy (non-hydrogen) atoms. The summed E-state index contributed by atoms with van der Waals surface area (Å²) >= 11 is 0. The van der Waals surface area contributed by atoms with Crippen LogP contribution in [0.15, 0.2) is 72.8 Å². The van der Waals surface area contributed by atoms with Crippen LogP contribution in [0, 0.1) is 40.9 Å². The molecule has 0 aromatic heterocycles. The zero-order valence-corrected chi connectivity index (χ0v) is 21.3. The number of unbranched alkanes of at least 4 members (excludes halogenated alkanes) is 2. The number of alkyl halides is 2. The van der Waals surface area contributed by atoms with Crippen molar-refractivity contribution in [3.05, 3.63) is 124 Å². The number of rotatable bonds is 8. The second-order valence-electron chi connectivity index (χ2n) is 9.11. The summed E-state index contributed by atoms with van der Waals surface area (Å²) in [7, 11) is 0. The van der Waals surface area contributed by atoms with Crippen molar-refractivity contribution in [2.75, 3.05) is 0 Å². The fourth-order valence-corrected chi connectivity index (χ4v) is 4.01. The molecule has 206 valence electrons. The topological polar surface area (TPSA) is 9.23 Å². The smallest absolute Gasteiger partial charge is 0.429 e. The first kappa shape index (κ1) is 28.8. The van der Waals surface area contributed by atoms with Gasteiger partial charge in [0, 0.05) is 22.8 Å². The van der Waals surface area contributed by atoms with Gasteiger partial charge in [-0.25, -0.2) is 22.0 Å². The van der Waals surface area contributed by atoms with Crippen molar-refractivity contribution >= 4 is 0 Å². The van der Waals surface area contributed by atoms with Crippen molar-refractivity contribution < 1.29 is 35.5 Å². The molecule has 0 atom stereocenters. The predicted octanol–water partition coefficient (Wildman–Crippen LogP) is 9.31. The van der Waals surface area contributed by atoms with Crippen LogP contribution in [0.5, 0.6) is 5.75 Å². The minimum absolute atomic E-state index is 0.165. The Balaban J connectivity index is 1.47. The van der Waals surface area contributed by atoms with Crippen molar-refractivity contribution in [1.82, 2.24) is 0 Å². The Morgan fingerprint density at radius 1 is 0.675 bits per heavy atom. The minimum Gasteiger partial charge on any atom is -0.429 e. The quantitative estimate of drug-likeness (QED) is 0.0910. The van der Waals surface area contributed by atoms with E-state index >= 15 is 0 Å². The molecular formula is C32H23F7O. The summed E-state index contributed by atoms with van der Waals surface area (Å²) in [4.78, 5) is 0. The van der Waals surface area contributed by atoms with Crippen LogP contribution in [0.25, 0.3) is 11.1 Å². The lowest BCUT2D eigenvalue weighted by molar-refractivity contribution is -0.187. The van der Waals surface area contributed by atoms with Crippen molar-refractivity contribution in [3.63, 3.8) is 0 Å². The van der Waals surface area contributed by atoms with E-state index < -0.39 is 46.5 Å². The Bertz CT molecular complexity index is 1540. The summed E-state index contributed by atoms with van der Waals surface area (Å²) in [6.07, 6.45) is 0.161. The maximum atomic E-state index is 14.8. The Morgan fingerprint density at radius 3 is 1.95 bits per heavy atom. The van der Waals surface area contributed by atoms with Gasteiger partial charge in [-0.05, 0) is 78.6 Å². The van der Waals surface area contributed by atoms with Gasteiger partial charge in [-0.2, -0.15) is 8.78 Å². The van der Waals surface area contributed by atoms with Crippen LogP contribution < -0.4 is 4.74 Å². The number of hydrogen-bond donors (Lipinski definition) is 0. The molecule has 0 saturated heterocycles. The van der Waals surface area contributed by atoms with E-state index in [4.69, 9.17) is 0 Å². The normalized spacial score (nSPS) is 11.2. The van der Waals surface area contributed by atoms with Gasteiger partial charge < -0.3 is 4.74 Å². The van der Waals surface area contributed by atoms with Crippen LogP contribution in [0.2, 0.25) is 0 Å². The fraction of sp³-hybridized carbons (Fsp3) is 0.188. The molecular weight excluding hydrogens is 533 g/mol. The van der Waals surface area contributed by atoms with Crippen LogP contribution in [0.1, 0.15) is 48.4 Å². The second-order valence-corrected chi connectivity index (χ2v) is 9.11. The van der Waals surface area contributed by atoms with Crippen molar-refractivity contribution in [2.24, 2.45) is 0 Å². The lowest BCUT2D eigenvalue weighted by Crippen LogP contribution is -2.23. The molecule has 0 aliphatic rings. The van der Waals surface area contributed by atoms with Gasteiger partial charge in [-0.15, -0.1) is 0 Å². The predicted molar refractivity (Wildman–Crippen MR) is 138 cm³/mol. The summed E-state index contributed by atoms with van der Waals surface area (Å²) in [5.41, 5.74) is 0.213. The third-order valence-corrected chi connectivity index (χ3v) is 6.14. The van der Waals surface area contributed by atoms with E-state index in [9.17, 15) is 30.7 Å². The van der Waals surface area contributed by atoms with E-state index in [1.807, 2.05) is 24.3 Å². The molecule has 0 aliphatic carbocycles. The molecule has 4 rings (SSSR count). The summed E-state index contributed by atoms with van der Waals surface area (Å²) in [6, 6.07) is 14.0. The number of hydrogen-bond acceptors (Lipinski definition) is 1. The summed E-state index contributed by atoms with van der Waals surface area (Å²) in [5.74, 6) is -2.32. The van der Waals surface area contributed by atoms with E-state index in [1.165, 1.54) is 11.6 Å². The molecule has 0 radical (unpaired) electrons. The third-order valence-electron chi connectivity index (χ3n) is 6.14. The molecule has 4 aromatic rings. The Morgan fingerprint density at radius 2 is 1.32 bits per heavy atom. The van der Waals surface area contributed by atoms with Gasteiger partial charge in [0.15, 0.2) is 17.5 Å². The number of ether oxygens (including phenoxy) is 1. The van der Waals surface area contributed by atoms with E-state index in [1.54, 1.807) is 0 Å². The second kappa shape index (κ2) is 12.3. The highest BCUT2D eigenvalue weighted by Crippen LogP contribution is 2.35. The molecule has 0 N–H and O–H groups in total. The summed E-state index contributed by atoms with van der Waals surface area (Å²) < 4.78 is 104. The van der Waals surface area contributed by atoms with E-state index in [2.05, 4.69) is 23.5 Å². The number of halogens is 7. The van der Waals surface area contributed by atoms with Crippen LogP contribution in [-0.4, -0.2) is 0 Å². The zero-order chi connectivity index (χ0) is 28.9. The van der Waals surface area contributed by atoms with Crippen molar-refractivity contribution in [1.29, 1.82) is 0 Å². The minimum atomic E-state index is -4.19. The molecule has 8 heteroatoms. The van der Waals surface area contributed by atoms with E-state index in [-0.39, 0.29) is 16.7 Å². The molecule has 0 amide bonds.